The summed E-state index contributed by atoms with van der Waals surface area (Å²) in [6.07, 6.45) is 0. The molecule has 0 fully saturated rings. The maximum Gasteiger partial charge on any atom is 0.424 e. The van der Waals surface area contributed by atoms with Crippen LogP contribution in [0.15, 0.2) is 0 Å². The molecular formula is C7H10O5. The normalized spacial score (nSPS) is 10.2. The fourth-order valence-corrected chi connectivity index (χ4v) is 0.412. The van der Waals surface area contributed by atoms with Gasteiger partial charge in [0.1, 0.15) is 5.60 Å². The molecule has 12 heavy (non-hydrogen) atoms. The van der Waals surface area contributed by atoms with E-state index in [0.29, 0.717) is 0 Å². The molecule has 0 bridgehead atoms. The molecular weight excluding hydrogens is 164 g/mol. The molecule has 0 aromatic heterocycles. The molecule has 0 radical (unpaired) electrons. The molecule has 0 heterocycles. The number of hydrogen-bond donors (Lipinski definition) is 0. The van der Waals surface area contributed by atoms with Gasteiger partial charge >= 0.3 is 18.4 Å². The van der Waals surface area contributed by atoms with Crippen LogP contribution in [0.4, 0.5) is 0 Å². The van der Waals surface area contributed by atoms with E-state index in [9.17, 15) is 14.4 Å². The van der Waals surface area contributed by atoms with Crippen molar-refractivity contribution >= 4 is 18.4 Å². The minimum absolute atomic E-state index is 0.119. The topological polar surface area (TPSA) is 69.7 Å². The number of rotatable bonds is 1. The van der Waals surface area contributed by atoms with Crippen LogP contribution in [0.2, 0.25) is 0 Å². The second-order valence-electron chi connectivity index (χ2n) is 3.00. The Kier molecular flexibility index (Phi) is 3.40. The highest BCUT2D eigenvalue weighted by Gasteiger charge is 2.23. The Bertz CT molecular complexity index is 200. The first-order valence-electron chi connectivity index (χ1n) is 3.24. The first-order valence-corrected chi connectivity index (χ1v) is 3.24. The van der Waals surface area contributed by atoms with Crippen LogP contribution in [0.5, 0.6) is 0 Å². The van der Waals surface area contributed by atoms with Gasteiger partial charge in [-0.15, -0.1) is 0 Å². The maximum atomic E-state index is 10.7. The number of ether oxygens (including phenoxy) is 2. The Morgan fingerprint density at radius 2 is 1.67 bits per heavy atom. The zero-order valence-electron chi connectivity index (χ0n) is 7.12. The molecule has 0 saturated heterocycles. The lowest BCUT2D eigenvalue weighted by molar-refractivity contribution is -0.175. The summed E-state index contributed by atoms with van der Waals surface area (Å²) in [5, 5.41) is 0. The van der Waals surface area contributed by atoms with E-state index in [1.54, 1.807) is 20.8 Å². The highest BCUT2D eigenvalue weighted by Crippen LogP contribution is 2.06. The van der Waals surface area contributed by atoms with E-state index in [-0.39, 0.29) is 6.47 Å². The lowest BCUT2D eigenvalue weighted by Crippen LogP contribution is -2.29. The van der Waals surface area contributed by atoms with Crippen LogP contribution in [-0.4, -0.2) is 24.0 Å². The fourth-order valence-electron chi connectivity index (χ4n) is 0.412. The predicted molar refractivity (Wildman–Crippen MR) is 38.0 cm³/mol. The van der Waals surface area contributed by atoms with E-state index in [1.165, 1.54) is 0 Å². The molecule has 0 aliphatic heterocycles. The van der Waals surface area contributed by atoms with Gasteiger partial charge in [0.05, 0.1) is 0 Å². The highest BCUT2D eigenvalue weighted by atomic mass is 16.6. The van der Waals surface area contributed by atoms with Crippen molar-refractivity contribution in [3.05, 3.63) is 0 Å². The zero-order valence-corrected chi connectivity index (χ0v) is 7.12. The monoisotopic (exact) mass is 174 g/mol. The Balaban J connectivity index is 4.05. The molecule has 0 saturated carbocycles. The molecule has 0 amide bonds. The van der Waals surface area contributed by atoms with Gasteiger partial charge in [0.15, 0.2) is 0 Å². The van der Waals surface area contributed by atoms with E-state index in [0.717, 1.165) is 0 Å². The maximum absolute atomic E-state index is 10.7. The average Bonchev–Trinajstić information content (AvgIpc) is 1.84. The van der Waals surface area contributed by atoms with Crippen molar-refractivity contribution in [3.8, 4) is 0 Å². The number of hydrogen-bond acceptors (Lipinski definition) is 5. The van der Waals surface area contributed by atoms with Gasteiger partial charge in [-0.1, -0.05) is 0 Å². The molecule has 0 aromatic rings. The van der Waals surface area contributed by atoms with Gasteiger partial charge in [-0.05, 0) is 20.8 Å². The summed E-state index contributed by atoms with van der Waals surface area (Å²) in [5.41, 5.74) is -0.765. The first-order chi connectivity index (χ1) is 5.37. The van der Waals surface area contributed by atoms with Crippen molar-refractivity contribution in [2.45, 2.75) is 26.4 Å². The fraction of sp³-hybridized carbons (Fsp3) is 0.571. The van der Waals surface area contributed by atoms with Gasteiger partial charge in [-0.25, -0.2) is 9.59 Å². The third-order valence-corrected chi connectivity index (χ3v) is 0.721. The molecule has 0 aliphatic carbocycles. The molecule has 0 spiro atoms. The molecule has 0 N–H and O–H groups in total. The zero-order chi connectivity index (χ0) is 9.78. The molecule has 0 atom stereocenters. The quantitative estimate of drug-likeness (QED) is 0.243. The summed E-state index contributed by atoms with van der Waals surface area (Å²) in [7, 11) is 0. The van der Waals surface area contributed by atoms with Crippen molar-refractivity contribution in [2.24, 2.45) is 0 Å². The summed E-state index contributed by atoms with van der Waals surface area (Å²) in [6, 6.07) is 0. The van der Waals surface area contributed by atoms with Crippen LogP contribution in [0.3, 0.4) is 0 Å². The van der Waals surface area contributed by atoms with Gasteiger partial charge in [-0.3, -0.25) is 4.79 Å². The van der Waals surface area contributed by atoms with Gasteiger partial charge in [0.2, 0.25) is 0 Å². The minimum atomic E-state index is -1.31. The summed E-state index contributed by atoms with van der Waals surface area (Å²) >= 11 is 0. The van der Waals surface area contributed by atoms with E-state index in [1.807, 2.05) is 0 Å². The predicted octanol–water partition coefficient (Wildman–Crippen LogP) is 0.0277. The Hall–Kier alpha value is -1.39. The van der Waals surface area contributed by atoms with Crippen LogP contribution in [-0.2, 0) is 23.9 Å². The van der Waals surface area contributed by atoms with Crippen LogP contribution >= 0.6 is 0 Å². The molecule has 0 rings (SSSR count). The van der Waals surface area contributed by atoms with Crippen molar-refractivity contribution in [2.75, 3.05) is 0 Å². The summed E-state index contributed by atoms with van der Waals surface area (Å²) < 4.78 is 8.34. The van der Waals surface area contributed by atoms with E-state index in [2.05, 4.69) is 9.47 Å². The third-order valence-electron chi connectivity index (χ3n) is 0.721. The Morgan fingerprint density at radius 3 is 2.00 bits per heavy atom. The van der Waals surface area contributed by atoms with E-state index >= 15 is 0 Å². The van der Waals surface area contributed by atoms with Crippen LogP contribution < -0.4 is 0 Å². The van der Waals surface area contributed by atoms with Gasteiger partial charge in [0, 0.05) is 0 Å². The van der Waals surface area contributed by atoms with Gasteiger partial charge in [-0.2, -0.15) is 0 Å². The van der Waals surface area contributed by atoms with Crippen molar-refractivity contribution in [3.63, 3.8) is 0 Å². The summed E-state index contributed by atoms with van der Waals surface area (Å²) in [4.78, 5) is 30.8. The van der Waals surface area contributed by atoms with Crippen LogP contribution in [0.25, 0.3) is 0 Å². The highest BCUT2D eigenvalue weighted by molar-refractivity contribution is 6.30. The largest absolute Gasteiger partial charge is 0.452 e. The van der Waals surface area contributed by atoms with Crippen molar-refractivity contribution < 1.29 is 23.9 Å². The lowest BCUT2D eigenvalue weighted by atomic mass is 10.2. The number of esters is 2. The second-order valence-corrected chi connectivity index (χ2v) is 3.00. The standard InChI is InChI=1S/C7H10O5/c1-7(2,3)12-6(10)5(9)11-4-8/h4H,1-3H3. The lowest BCUT2D eigenvalue weighted by Gasteiger charge is -2.17. The summed E-state index contributed by atoms with van der Waals surface area (Å²) in [6.45, 7) is 4.67. The minimum Gasteiger partial charge on any atom is -0.452 e. The third kappa shape index (κ3) is 4.43. The number of carbonyl (C=O) groups is 3. The first kappa shape index (κ1) is 10.6. The van der Waals surface area contributed by atoms with E-state index in [4.69, 9.17) is 0 Å². The number of carbonyl (C=O) groups excluding carboxylic acids is 3. The molecule has 5 heteroatoms. The average molecular weight is 174 g/mol. The molecule has 68 valence electrons. The van der Waals surface area contributed by atoms with Crippen LogP contribution in [0.1, 0.15) is 20.8 Å². The smallest absolute Gasteiger partial charge is 0.424 e. The summed E-state index contributed by atoms with van der Waals surface area (Å²) in [5.74, 6) is -2.48. The Labute approximate surface area is 69.6 Å². The van der Waals surface area contributed by atoms with E-state index < -0.39 is 17.5 Å². The SMILES string of the molecule is CC(C)(C)OC(=O)C(=O)OC=O. The molecule has 5 nitrogen and oxygen atoms in total. The van der Waals surface area contributed by atoms with Gasteiger partial charge in [0.25, 0.3) is 0 Å². The van der Waals surface area contributed by atoms with Crippen LogP contribution in [0, 0.1) is 0 Å². The second kappa shape index (κ2) is 3.85. The van der Waals surface area contributed by atoms with Crippen molar-refractivity contribution in [1.29, 1.82) is 0 Å². The Morgan fingerprint density at radius 1 is 1.17 bits per heavy atom. The molecule has 0 aromatic carbocycles. The molecule has 0 aliphatic rings. The van der Waals surface area contributed by atoms with Gasteiger partial charge < -0.3 is 9.47 Å². The molecule has 0 unspecified atom stereocenters. The van der Waals surface area contributed by atoms with Crippen molar-refractivity contribution in [1.82, 2.24) is 0 Å².